The molecule has 0 aliphatic heterocycles. The highest BCUT2D eigenvalue weighted by Gasteiger charge is 1.74. The van der Waals surface area contributed by atoms with Gasteiger partial charge in [0, 0.05) is 18.6 Å². The Kier molecular flexibility index (Phi) is 17.1. The van der Waals surface area contributed by atoms with Crippen molar-refractivity contribution in [3.05, 3.63) is 24.3 Å². The minimum atomic E-state index is 0.961. The van der Waals surface area contributed by atoms with Gasteiger partial charge in [-0.2, -0.15) is 0 Å². The minimum Gasteiger partial charge on any atom is -0.261 e. The van der Waals surface area contributed by atoms with E-state index in [1.807, 2.05) is 6.92 Å². The molecule has 1 aromatic rings. The highest BCUT2D eigenvalue weighted by Crippen LogP contribution is 1.81. The highest BCUT2D eigenvalue weighted by molar-refractivity contribution is 4.88. The summed E-state index contributed by atoms with van der Waals surface area (Å²) in [5.41, 5.74) is 0.961. The lowest BCUT2D eigenvalue weighted by molar-refractivity contribution is 0.886. The smallest absolute Gasteiger partial charge is 0.0555 e. The molecule has 0 atom stereocenters. The second-order valence-electron chi connectivity index (χ2n) is 3.35. The number of aromatic nitrogens is 2. The molecular weight excluding hydrogens is 184 g/mol. The van der Waals surface area contributed by atoms with Gasteiger partial charge in [0.25, 0.3) is 0 Å². The summed E-state index contributed by atoms with van der Waals surface area (Å²) in [5, 5.41) is 0. The van der Waals surface area contributed by atoms with Gasteiger partial charge in [-0.1, -0.05) is 53.4 Å². The van der Waals surface area contributed by atoms with E-state index < -0.39 is 0 Å². The first-order valence-electron chi connectivity index (χ1n) is 5.95. The molecule has 1 aromatic heterocycles. The molecule has 88 valence electrons. The first-order valence-corrected chi connectivity index (χ1v) is 5.95. The molecule has 0 fully saturated rings. The van der Waals surface area contributed by atoms with Crippen molar-refractivity contribution in [1.29, 1.82) is 0 Å². The van der Waals surface area contributed by atoms with Crippen LogP contribution in [0.2, 0.25) is 0 Å². The van der Waals surface area contributed by atoms with Crippen molar-refractivity contribution in [1.82, 2.24) is 9.97 Å². The van der Waals surface area contributed by atoms with Crippen molar-refractivity contribution in [3.63, 3.8) is 0 Å². The van der Waals surface area contributed by atoms with Gasteiger partial charge in [-0.15, -0.1) is 0 Å². The molecule has 1 rings (SSSR count). The SMILES string of the molecule is CCCC.CCCC.Cc1cnccn1. The number of rotatable bonds is 2. The maximum absolute atomic E-state index is 3.92. The van der Waals surface area contributed by atoms with E-state index in [4.69, 9.17) is 0 Å². The molecule has 2 nitrogen and oxygen atoms in total. The van der Waals surface area contributed by atoms with Crippen LogP contribution in [0.15, 0.2) is 18.6 Å². The predicted octanol–water partition coefficient (Wildman–Crippen LogP) is 4.40. The molecule has 0 aromatic carbocycles. The fraction of sp³-hybridized carbons (Fsp3) is 0.692. The quantitative estimate of drug-likeness (QED) is 0.723. The maximum Gasteiger partial charge on any atom is 0.0555 e. The van der Waals surface area contributed by atoms with Crippen LogP contribution in [0.1, 0.15) is 59.1 Å². The standard InChI is InChI=1S/C5H6N2.2C4H10/c1-5-4-6-2-3-7-5;2*1-3-4-2/h2-4H,1H3;2*3-4H2,1-2H3. The van der Waals surface area contributed by atoms with Gasteiger partial charge in [-0.3, -0.25) is 9.97 Å². The zero-order chi connectivity index (χ0) is 11.9. The summed E-state index contributed by atoms with van der Waals surface area (Å²) < 4.78 is 0. The lowest BCUT2D eigenvalue weighted by Crippen LogP contribution is -1.77. The Morgan fingerprint density at radius 1 is 0.867 bits per heavy atom. The van der Waals surface area contributed by atoms with Crippen molar-refractivity contribution in [2.24, 2.45) is 0 Å². The Morgan fingerprint density at radius 3 is 1.47 bits per heavy atom. The fourth-order valence-electron chi connectivity index (χ4n) is 0.374. The van der Waals surface area contributed by atoms with E-state index in [9.17, 15) is 0 Å². The van der Waals surface area contributed by atoms with Crippen LogP contribution in [-0.2, 0) is 0 Å². The van der Waals surface area contributed by atoms with E-state index in [-0.39, 0.29) is 0 Å². The molecule has 0 aliphatic rings. The predicted molar refractivity (Wildman–Crippen MR) is 67.9 cm³/mol. The number of nitrogens with zero attached hydrogens (tertiary/aromatic N) is 2. The summed E-state index contributed by atoms with van der Waals surface area (Å²) in [6, 6.07) is 0. The molecule has 0 aliphatic carbocycles. The molecule has 0 unspecified atom stereocenters. The first kappa shape index (κ1) is 16.5. The summed E-state index contributed by atoms with van der Waals surface area (Å²) in [6.07, 6.45) is 10.3. The number of unbranched alkanes of at least 4 members (excludes halogenated alkanes) is 2. The Labute approximate surface area is 95.2 Å². The molecule has 0 N–H and O–H groups in total. The molecular formula is C13H26N2. The van der Waals surface area contributed by atoms with Gasteiger partial charge in [0.05, 0.1) is 5.69 Å². The second-order valence-corrected chi connectivity index (χ2v) is 3.35. The van der Waals surface area contributed by atoms with Crippen molar-refractivity contribution in [2.45, 2.75) is 60.3 Å². The largest absolute Gasteiger partial charge is 0.261 e. The fourth-order valence-corrected chi connectivity index (χ4v) is 0.374. The van der Waals surface area contributed by atoms with Crippen LogP contribution < -0.4 is 0 Å². The van der Waals surface area contributed by atoms with Gasteiger partial charge in [-0.05, 0) is 6.92 Å². The van der Waals surface area contributed by atoms with E-state index in [0.29, 0.717) is 0 Å². The maximum atomic E-state index is 3.92. The van der Waals surface area contributed by atoms with Gasteiger partial charge in [-0.25, -0.2) is 0 Å². The number of aryl methyl sites for hydroxylation is 1. The molecule has 15 heavy (non-hydrogen) atoms. The van der Waals surface area contributed by atoms with Crippen LogP contribution in [-0.4, -0.2) is 9.97 Å². The van der Waals surface area contributed by atoms with Crippen LogP contribution in [0.5, 0.6) is 0 Å². The molecule has 0 saturated heterocycles. The van der Waals surface area contributed by atoms with E-state index in [2.05, 4.69) is 37.7 Å². The number of hydrogen-bond donors (Lipinski definition) is 0. The van der Waals surface area contributed by atoms with Crippen LogP contribution >= 0.6 is 0 Å². The Bertz CT molecular complexity index is 177. The minimum absolute atomic E-state index is 0.961. The molecule has 0 spiro atoms. The van der Waals surface area contributed by atoms with Gasteiger partial charge < -0.3 is 0 Å². The van der Waals surface area contributed by atoms with Crippen molar-refractivity contribution in [2.75, 3.05) is 0 Å². The second kappa shape index (κ2) is 15.5. The lowest BCUT2D eigenvalue weighted by Gasteiger charge is -1.81. The van der Waals surface area contributed by atoms with Crippen LogP contribution in [0.4, 0.5) is 0 Å². The zero-order valence-corrected chi connectivity index (χ0v) is 11.0. The number of hydrogen-bond acceptors (Lipinski definition) is 2. The Hall–Kier alpha value is -0.920. The first-order chi connectivity index (χ1) is 7.22. The van der Waals surface area contributed by atoms with Gasteiger partial charge >= 0.3 is 0 Å². The van der Waals surface area contributed by atoms with Crippen molar-refractivity contribution < 1.29 is 0 Å². The average molecular weight is 210 g/mol. The van der Waals surface area contributed by atoms with E-state index in [0.717, 1.165) is 5.69 Å². The van der Waals surface area contributed by atoms with Crippen molar-refractivity contribution >= 4 is 0 Å². The molecule has 0 radical (unpaired) electrons. The summed E-state index contributed by atoms with van der Waals surface area (Å²) >= 11 is 0. The normalized spacial score (nSPS) is 8.07. The van der Waals surface area contributed by atoms with Crippen LogP contribution in [0, 0.1) is 6.92 Å². The Morgan fingerprint density at radius 2 is 1.33 bits per heavy atom. The summed E-state index contributed by atoms with van der Waals surface area (Å²) in [6.45, 7) is 10.6. The molecule has 2 heteroatoms. The van der Waals surface area contributed by atoms with Crippen molar-refractivity contribution in [3.8, 4) is 0 Å². The lowest BCUT2D eigenvalue weighted by atomic mass is 10.4. The van der Waals surface area contributed by atoms with Gasteiger partial charge in [0.15, 0.2) is 0 Å². The summed E-state index contributed by atoms with van der Waals surface area (Å²) in [5.74, 6) is 0. The third kappa shape index (κ3) is 19.5. The average Bonchev–Trinajstić information content (AvgIpc) is 2.31. The Balaban J connectivity index is 0. The van der Waals surface area contributed by atoms with Crippen LogP contribution in [0.3, 0.4) is 0 Å². The zero-order valence-electron chi connectivity index (χ0n) is 11.0. The third-order valence-electron chi connectivity index (χ3n) is 1.69. The molecule has 0 amide bonds. The van der Waals surface area contributed by atoms with Crippen LogP contribution in [0.25, 0.3) is 0 Å². The topological polar surface area (TPSA) is 25.8 Å². The molecule has 0 bridgehead atoms. The molecule has 1 heterocycles. The summed E-state index contributed by atoms with van der Waals surface area (Å²) in [4.78, 5) is 7.74. The third-order valence-corrected chi connectivity index (χ3v) is 1.69. The van der Waals surface area contributed by atoms with E-state index >= 15 is 0 Å². The van der Waals surface area contributed by atoms with Gasteiger partial charge in [0.2, 0.25) is 0 Å². The van der Waals surface area contributed by atoms with Gasteiger partial charge in [0.1, 0.15) is 0 Å². The van der Waals surface area contributed by atoms with E-state index in [1.165, 1.54) is 25.7 Å². The molecule has 0 saturated carbocycles. The monoisotopic (exact) mass is 210 g/mol. The summed E-state index contributed by atoms with van der Waals surface area (Å²) in [7, 11) is 0. The highest BCUT2D eigenvalue weighted by atomic mass is 14.7. The van der Waals surface area contributed by atoms with E-state index in [1.54, 1.807) is 18.6 Å².